The van der Waals surface area contributed by atoms with E-state index in [1.54, 1.807) is 6.92 Å². The number of hydrogen-bond donors (Lipinski definition) is 0. The molecule has 0 amide bonds. The van der Waals surface area contributed by atoms with Crippen molar-refractivity contribution in [2.24, 2.45) is 5.92 Å². The molecule has 0 aliphatic carbocycles. The normalized spacial score (nSPS) is 6.86. The summed E-state index contributed by atoms with van der Waals surface area (Å²) in [5.41, 5.74) is 1.41. The fraction of sp³-hybridized carbons (Fsp3) is 0.636. The topological polar surface area (TPSA) is 0 Å². The van der Waals surface area contributed by atoms with Crippen LogP contribution in [0.5, 0.6) is 0 Å². The van der Waals surface area contributed by atoms with Crippen LogP contribution in [0.25, 0.3) is 0 Å². The van der Waals surface area contributed by atoms with Gasteiger partial charge in [0, 0.05) is 98.1 Å². The van der Waals surface area contributed by atoms with Gasteiger partial charge >= 0.3 is 0 Å². The first-order chi connectivity index (χ1) is 15.2. The van der Waals surface area contributed by atoms with Crippen molar-refractivity contribution >= 4 is 0 Å². The molecule has 36 heavy (non-hydrogen) atoms. The zero-order valence-electron chi connectivity index (χ0n) is 27.0. The van der Waals surface area contributed by atoms with Crippen molar-refractivity contribution in [3.63, 3.8) is 0 Å². The number of benzene rings is 1. The molecule has 0 saturated carbocycles. The van der Waals surface area contributed by atoms with Crippen LogP contribution in [0.1, 0.15) is 142 Å². The summed E-state index contributed by atoms with van der Waals surface area (Å²) in [6.07, 6.45) is 10.7. The van der Waals surface area contributed by atoms with Crippen LogP contribution in [0.3, 0.4) is 0 Å². The molecule has 0 aliphatic rings. The second-order valence-corrected chi connectivity index (χ2v) is 7.19. The monoisotopic (exact) mass is 733 g/mol. The van der Waals surface area contributed by atoms with Gasteiger partial charge in [0.25, 0.3) is 0 Å². The molecule has 1 aromatic rings. The average molecular weight is 734 g/mol. The van der Waals surface area contributed by atoms with Crippen LogP contribution in [-0.4, -0.2) is 0 Å². The molecule has 217 valence electrons. The van der Waals surface area contributed by atoms with Gasteiger partial charge in [-0.3, -0.25) is 0 Å². The molecule has 0 spiro atoms. The third kappa shape index (κ3) is 134. The van der Waals surface area contributed by atoms with E-state index in [0.29, 0.717) is 5.92 Å². The molecular formula is C33H70Y3-6. The summed E-state index contributed by atoms with van der Waals surface area (Å²) in [5.74, 6) is 1.52. The summed E-state index contributed by atoms with van der Waals surface area (Å²) in [6.45, 7) is 39.2. The number of unbranched alkanes of at least 4 members (excludes halogenated alkanes) is 1. The first kappa shape index (κ1) is 71.6. The van der Waals surface area contributed by atoms with E-state index in [9.17, 15) is 0 Å². The van der Waals surface area contributed by atoms with E-state index in [0.717, 1.165) is 18.8 Å². The van der Waals surface area contributed by atoms with E-state index in [-0.39, 0.29) is 106 Å². The van der Waals surface area contributed by atoms with Crippen molar-refractivity contribution in [1.29, 1.82) is 0 Å². The Hall–Kier alpha value is 2.53. The summed E-state index contributed by atoms with van der Waals surface area (Å²) in [7, 11) is 0. The first-order valence-corrected chi connectivity index (χ1v) is 12.8. The minimum Gasteiger partial charge on any atom is -0.346 e. The second-order valence-electron chi connectivity index (χ2n) is 7.19. The van der Waals surface area contributed by atoms with Crippen LogP contribution >= 0.6 is 0 Å². The van der Waals surface area contributed by atoms with Crippen LogP contribution in [-0.2, 0) is 98.1 Å². The predicted molar refractivity (Wildman–Crippen MR) is 166 cm³/mol. The minimum atomic E-state index is 0. The largest absolute Gasteiger partial charge is 0.346 e. The zero-order valence-corrected chi connectivity index (χ0v) is 35.5. The summed E-state index contributed by atoms with van der Waals surface area (Å²) >= 11 is 0. The molecule has 0 saturated heterocycles. The van der Waals surface area contributed by atoms with Crippen LogP contribution in [0.4, 0.5) is 0 Å². The standard InChI is InChI=1S/C9H12.C7H15.4C3H7.C2H6.C2H5.CH4.3Y/c1-8(2)9-6-4-3-5-7-9;1-4-5-6-7(2)3;4*1-3-2;2*1-2;;;;/h3-8H,1-2H3;7H,1,4-6H2,2-3H3;3*3H,1-2H3;1,3H2,2H3;1-2H3;1H2,2H3;1H4;;;/q;5*-1;;-1;;;;. The number of rotatable bonds is 4. The Morgan fingerprint density at radius 2 is 0.944 bits per heavy atom. The Bertz CT molecular complexity index is 291. The van der Waals surface area contributed by atoms with Crippen LogP contribution in [0.2, 0.25) is 0 Å². The van der Waals surface area contributed by atoms with Gasteiger partial charge < -0.3 is 40.0 Å². The van der Waals surface area contributed by atoms with Crippen molar-refractivity contribution in [2.75, 3.05) is 0 Å². The average Bonchev–Trinajstić information content (AvgIpc) is 2.78. The predicted octanol–water partition coefficient (Wildman–Crippen LogP) is 12.9. The van der Waals surface area contributed by atoms with E-state index in [4.69, 9.17) is 0 Å². The summed E-state index contributed by atoms with van der Waals surface area (Å²) in [4.78, 5) is 0. The molecule has 1 aromatic carbocycles. The van der Waals surface area contributed by atoms with Gasteiger partial charge in [0.1, 0.15) is 0 Å². The van der Waals surface area contributed by atoms with Crippen LogP contribution in [0, 0.1) is 46.0 Å². The Morgan fingerprint density at radius 3 is 1.06 bits per heavy atom. The van der Waals surface area contributed by atoms with Gasteiger partial charge in [-0.25, -0.2) is 0 Å². The molecule has 0 bridgehead atoms. The molecule has 0 unspecified atom stereocenters. The molecule has 1 rings (SSSR count). The SMILES string of the molecule is C.CC.CC(C)c1ccccc1.C[CH-]C.C[CH-]C.C[CH-]C.[CH2-]C.[CH2-]CC.[CH2-]CCCC(C)C.[Y].[Y].[Y]. The molecule has 0 atom stereocenters. The maximum atomic E-state index is 3.76. The van der Waals surface area contributed by atoms with Crippen molar-refractivity contribution in [2.45, 2.75) is 136 Å². The minimum absolute atomic E-state index is 0. The molecule has 0 heterocycles. The van der Waals surface area contributed by atoms with E-state index < -0.39 is 0 Å². The van der Waals surface area contributed by atoms with Gasteiger partial charge in [0.2, 0.25) is 0 Å². The van der Waals surface area contributed by atoms with Crippen molar-refractivity contribution in [1.82, 2.24) is 0 Å². The maximum absolute atomic E-state index is 3.76. The summed E-state index contributed by atoms with van der Waals surface area (Å²) < 4.78 is 0. The van der Waals surface area contributed by atoms with Crippen molar-refractivity contribution in [3.05, 3.63) is 75.9 Å². The summed E-state index contributed by atoms with van der Waals surface area (Å²) in [5, 5.41) is 0. The molecule has 0 nitrogen and oxygen atoms in total. The first-order valence-electron chi connectivity index (χ1n) is 12.8. The summed E-state index contributed by atoms with van der Waals surface area (Å²) in [6, 6.07) is 10.5. The smallest absolute Gasteiger partial charge is 0 e. The Kier molecular flexibility index (Phi) is 180. The van der Waals surface area contributed by atoms with Gasteiger partial charge in [-0.05, 0) is 17.4 Å². The quantitative estimate of drug-likeness (QED) is 0.270. The molecule has 0 aromatic heterocycles. The number of hydrogen-bond acceptors (Lipinski definition) is 0. The van der Waals surface area contributed by atoms with Crippen molar-refractivity contribution < 1.29 is 98.1 Å². The van der Waals surface area contributed by atoms with Crippen LogP contribution in [0.15, 0.2) is 30.3 Å². The Labute approximate surface area is 311 Å². The Morgan fingerprint density at radius 1 is 0.694 bits per heavy atom. The van der Waals surface area contributed by atoms with Crippen molar-refractivity contribution in [3.8, 4) is 0 Å². The van der Waals surface area contributed by atoms with Gasteiger partial charge in [0.05, 0.1) is 0 Å². The molecule has 0 fully saturated rings. The third-order valence-corrected chi connectivity index (χ3v) is 2.50. The molecule has 0 N–H and O–H groups in total. The second kappa shape index (κ2) is 90.5. The van der Waals surface area contributed by atoms with E-state index in [1.165, 1.54) is 18.4 Å². The molecular weight excluding hydrogens is 663 g/mol. The van der Waals surface area contributed by atoms with E-state index in [2.05, 4.69) is 72.7 Å². The van der Waals surface area contributed by atoms with E-state index >= 15 is 0 Å². The fourth-order valence-corrected chi connectivity index (χ4v) is 1.39. The van der Waals surface area contributed by atoms with E-state index in [1.807, 2.05) is 87.6 Å². The van der Waals surface area contributed by atoms with Gasteiger partial charge in [-0.15, -0.1) is 0 Å². The van der Waals surface area contributed by atoms with Gasteiger partial charge in [-0.1, -0.05) is 99.1 Å². The maximum Gasteiger partial charge on any atom is 0 e. The zero-order chi connectivity index (χ0) is 27.2. The van der Waals surface area contributed by atoms with Gasteiger partial charge in [0.15, 0.2) is 0 Å². The Balaban J connectivity index is -0.0000000234. The third-order valence-electron chi connectivity index (χ3n) is 2.50. The van der Waals surface area contributed by atoms with Crippen LogP contribution < -0.4 is 0 Å². The molecule has 3 heteroatoms. The fourth-order valence-electron chi connectivity index (χ4n) is 1.39. The molecule has 3 radical (unpaired) electrons. The van der Waals surface area contributed by atoms with Gasteiger partial charge in [-0.2, -0.15) is 61.3 Å². The molecule has 0 aliphatic heterocycles.